The number of hydrogen-bond donors (Lipinski definition) is 1. The lowest BCUT2D eigenvalue weighted by Gasteiger charge is -2.17. The van der Waals surface area contributed by atoms with E-state index in [9.17, 15) is 0 Å². The molecule has 0 aliphatic carbocycles. The van der Waals surface area contributed by atoms with Gasteiger partial charge < -0.3 is 9.47 Å². The van der Waals surface area contributed by atoms with Gasteiger partial charge in [-0.1, -0.05) is 11.6 Å². The van der Waals surface area contributed by atoms with E-state index in [4.69, 9.17) is 21.1 Å². The zero-order valence-corrected chi connectivity index (χ0v) is 9.26. The third kappa shape index (κ3) is 2.38. The largest absolute Gasteiger partial charge is 0.496 e. The van der Waals surface area contributed by atoms with Gasteiger partial charge in [0.25, 0.3) is 0 Å². The molecule has 1 atom stereocenters. The van der Waals surface area contributed by atoms with E-state index in [1.54, 1.807) is 20.3 Å². The normalized spacial score (nSPS) is 12.6. The van der Waals surface area contributed by atoms with Crippen molar-refractivity contribution in [2.75, 3.05) is 21.3 Å². The Bertz CT molecular complexity index is 300. The average Bonchev–Trinajstić information content (AvgIpc) is 2.20. The van der Waals surface area contributed by atoms with E-state index in [-0.39, 0.29) is 6.23 Å². The summed E-state index contributed by atoms with van der Waals surface area (Å²) in [4.78, 5) is 0. The Hall–Kier alpha value is -0.770. The van der Waals surface area contributed by atoms with Gasteiger partial charge in [-0.3, -0.25) is 5.32 Å². The molecule has 1 aromatic rings. The average molecular weight is 216 g/mol. The van der Waals surface area contributed by atoms with Crippen LogP contribution in [0.5, 0.6) is 5.75 Å². The molecule has 14 heavy (non-hydrogen) atoms. The molecular formula is C10H14ClNO2. The first-order chi connectivity index (χ1) is 6.72. The molecule has 0 aromatic heterocycles. The van der Waals surface area contributed by atoms with Gasteiger partial charge in [0, 0.05) is 17.7 Å². The molecule has 1 unspecified atom stereocenters. The first kappa shape index (κ1) is 11.3. The van der Waals surface area contributed by atoms with E-state index in [2.05, 4.69) is 5.32 Å². The van der Waals surface area contributed by atoms with Crippen molar-refractivity contribution in [1.29, 1.82) is 0 Å². The highest BCUT2D eigenvalue weighted by Crippen LogP contribution is 2.28. The predicted molar refractivity (Wildman–Crippen MR) is 56.8 cm³/mol. The van der Waals surface area contributed by atoms with Crippen LogP contribution >= 0.6 is 11.6 Å². The van der Waals surface area contributed by atoms with Crippen LogP contribution in [-0.2, 0) is 4.74 Å². The number of methoxy groups -OCH3 is 2. The molecule has 4 heteroatoms. The van der Waals surface area contributed by atoms with Gasteiger partial charge in [0.1, 0.15) is 12.0 Å². The molecule has 1 rings (SSSR count). The van der Waals surface area contributed by atoms with Crippen molar-refractivity contribution in [1.82, 2.24) is 5.32 Å². The first-order valence-corrected chi connectivity index (χ1v) is 4.64. The SMILES string of the molecule is CNC(OC)c1cc(Cl)ccc1OC. The maximum Gasteiger partial charge on any atom is 0.137 e. The highest BCUT2D eigenvalue weighted by Gasteiger charge is 2.13. The molecule has 0 fully saturated rings. The van der Waals surface area contributed by atoms with Crippen LogP contribution in [-0.4, -0.2) is 21.3 Å². The van der Waals surface area contributed by atoms with E-state index in [1.165, 1.54) is 0 Å². The van der Waals surface area contributed by atoms with Crippen molar-refractivity contribution in [3.05, 3.63) is 28.8 Å². The highest BCUT2D eigenvalue weighted by molar-refractivity contribution is 6.30. The molecule has 78 valence electrons. The van der Waals surface area contributed by atoms with Gasteiger partial charge in [-0.2, -0.15) is 0 Å². The Morgan fingerprint density at radius 3 is 2.57 bits per heavy atom. The van der Waals surface area contributed by atoms with Crippen LogP contribution in [0, 0.1) is 0 Å². The van der Waals surface area contributed by atoms with Crippen molar-refractivity contribution in [2.24, 2.45) is 0 Å². The van der Waals surface area contributed by atoms with Gasteiger partial charge in [-0.05, 0) is 25.2 Å². The smallest absolute Gasteiger partial charge is 0.137 e. The van der Waals surface area contributed by atoms with Crippen molar-refractivity contribution < 1.29 is 9.47 Å². The minimum absolute atomic E-state index is 0.205. The number of nitrogens with one attached hydrogen (secondary N) is 1. The summed E-state index contributed by atoms with van der Waals surface area (Å²) in [7, 11) is 5.06. The van der Waals surface area contributed by atoms with Gasteiger partial charge in [0.2, 0.25) is 0 Å². The zero-order chi connectivity index (χ0) is 10.6. The molecule has 3 nitrogen and oxygen atoms in total. The lowest BCUT2D eigenvalue weighted by atomic mass is 10.1. The van der Waals surface area contributed by atoms with Crippen LogP contribution in [0.2, 0.25) is 5.02 Å². The van der Waals surface area contributed by atoms with Crippen LogP contribution in [0.25, 0.3) is 0 Å². The van der Waals surface area contributed by atoms with Gasteiger partial charge in [-0.25, -0.2) is 0 Å². The van der Waals surface area contributed by atoms with E-state index in [0.717, 1.165) is 11.3 Å². The molecule has 1 aromatic carbocycles. The van der Waals surface area contributed by atoms with E-state index in [1.807, 2.05) is 19.2 Å². The number of benzene rings is 1. The molecule has 0 bridgehead atoms. The molecule has 0 saturated carbocycles. The van der Waals surface area contributed by atoms with Gasteiger partial charge in [0.15, 0.2) is 0 Å². The summed E-state index contributed by atoms with van der Waals surface area (Å²) in [5, 5.41) is 3.67. The second-order valence-corrected chi connectivity index (χ2v) is 3.23. The van der Waals surface area contributed by atoms with Crippen molar-refractivity contribution in [2.45, 2.75) is 6.23 Å². The van der Waals surface area contributed by atoms with Crippen LogP contribution in [0.3, 0.4) is 0 Å². The molecule has 0 amide bonds. The van der Waals surface area contributed by atoms with E-state index < -0.39 is 0 Å². The molecule has 0 aliphatic rings. The number of rotatable bonds is 4. The minimum Gasteiger partial charge on any atom is -0.496 e. The summed E-state index contributed by atoms with van der Waals surface area (Å²) in [6, 6.07) is 5.43. The van der Waals surface area contributed by atoms with Crippen LogP contribution < -0.4 is 10.1 Å². The summed E-state index contributed by atoms with van der Waals surface area (Å²) in [6.07, 6.45) is -0.205. The molecule has 0 aliphatic heterocycles. The summed E-state index contributed by atoms with van der Waals surface area (Å²) in [6.45, 7) is 0. The van der Waals surface area contributed by atoms with E-state index >= 15 is 0 Å². The van der Waals surface area contributed by atoms with Crippen LogP contribution in [0.4, 0.5) is 0 Å². The summed E-state index contributed by atoms with van der Waals surface area (Å²) in [5.74, 6) is 0.760. The second-order valence-electron chi connectivity index (χ2n) is 2.79. The fourth-order valence-corrected chi connectivity index (χ4v) is 1.49. The third-order valence-electron chi connectivity index (χ3n) is 1.97. The van der Waals surface area contributed by atoms with Crippen molar-refractivity contribution >= 4 is 11.6 Å². The van der Waals surface area contributed by atoms with Gasteiger partial charge >= 0.3 is 0 Å². The zero-order valence-electron chi connectivity index (χ0n) is 8.50. The maximum atomic E-state index is 5.89. The summed E-state index contributed by atoms with van der Waals surface area (Å²) < 4.78 is 10.4. The topological polar surface area (TPSA) is 30.5 Å². The Morgan fingerprint density at radius 2 is 2.07 bits per heavy atom. The Morgan fingerprint density at radius 1 is 1.36 bits per heavy atom. The molecule has 0 saturated heterocycles. The van der Waals surface area contributed by atoms with Crippen molar-refractivity contribution in [3.8, 4) is 5.75 Å². The Balaban J connectivity index is 3.08. The molecule has 1 N–H and O–H groups in total. The van der Waals surface area contributed by atoms with Crippen molar-refractivity contribution in [3.63, 3.8) is 0 Å². The summed E-state index contributed by atoms with van der Waals surface area (Å²) in [5.41, 5.74) is 0.894. The number of ether oxygens (including phenoxy) is 2. The monoisotopic (exact) mass is 215 g/mol. The maximum absolute atomic E-state index is 5.89. The predicted octanol–water partition coefficient (Wildman–Crippen LogP) is 2.21. The van der Waals surface area contributed by atoms with Crippen LogP contribution in [0.15, 0.2) is 18.2 Å². The minimum atomic E-state index is -0.205. The first-order valence-electron chi connectivity index (χ1n) is 4.26. The van der Waals surface area contributed by atoms with Gasteiger partial charge in [0.05, 0.1) is 7.11 Å². The Labute approximate surface area is 89.0 Å². The van der Waals surface area contributed by atoms with Crippen LogP contribution in [0.1, 0.15) is 11.8 Å². The second kappa shape index (κ2) is 5.20. The lowest BCUT2D eigenvalue weighted by molar-refractivity contribution is 0.0786. The molecule has 0 radical (unpaired) electrons. The lowest BCUT2D eigenvalue weighted by Crippen LogP contribution is -2.18. The van der Waals surface area contributed by atoms with E-state index in [0.29, 0.717) is 5.02 Å². The molecular weight excluding hydrogens is 202 g/mol. The third-order valence-corrected chi connectivity index (χ3v) is 2.21. The Kier molecular flexibility index (Phi) is 4.20. The molecule has 0 spiro atoms. The quantitative estimate of drug-likeness (QED) is 0.782. The number of hydrogen-bond acceptors (Lipinski definition) is 3. The highest BCUT2D eigenvalue weighted by atomic mass is 35.5. The fraction of sp³-hybridized carbons (Fsp3) is 0.400. The molecule has 0 heterocycles. The number of halogens is 1. The standard InChI is InChI=1S/C10H14ClNO2/c1-12-10(14-3)8-6-7(11)4-5-9(8)13-2/h4-6,10,12H,1-3H3. The summed E-state index contributed by atoms with van der Waals surface area (Å²) >= 11 is 5.89. The fourth-order valence-electron chi connectivity index (χ4n) is 1.31. The van der Waals surface area contributed by atoms with Gasteiger partial charge in [-0.15, -0.1) is 0 Å².